The van der Waals surface area contributed by atoms with Gasteiger partial charge in [0.15, 0.2) is 5.96 Å². The number of para-hydroxylation sites is 1. The van der Waals surface area contributed by atoms with Crippen LogP contribution in [0.1, 0.15) is 25.8 Å². The van der Waals surface area contributed by atoms with E-state index in [-0.39, 0.29) is 48.5 Å². The molecule has 2 atom stereocenters. The van der Waals surface area contributed by atoms with Gasteiger partial charge in [0.1, 0.15) is 5.75 Å². The van der Waals surface area contributed by atoms with Crippen LogP contribution in [0.2, 0.25) is 0 Å². The van der Waals surface area contributed by atoms with Crippen molar-refractivity contribution in [2.24, 2.45) is 4.99 Å². The first-order valence-electron chi connectivity index (χ1n) is 9.43. The van der Waals surface area contributed by atoms with Crippen molar-refractivity contribution in [1.82, 2.24) is 15.5 Å². The molecular formula is C19H30F3IN4O2. The lowest BCUT2D eigenvalue weighted by molar-refractivity contribution is -0.274. The number of alkyl halides is 3. The summed E-state index contributed by atoms with van der Waals surface area (Å²) in [6.45, 7) is 7.83. The maximum atomic E-state index is 12.5. The second-order valence-electron chi connectivity index (χ2n) is 6.88. The Balaban J connectivity index is 0.00000420. The van der Waals surface area contributed by atoms with Crippen molar-refractivity contribution in [2.45, 2.75) is 45.4 Å². The fraction of sp³-hybridized carbons (Fsp3) is 0.632. The summed E-state index contributed by atoms with van der Waals surface area (Å²) in [6.07, 6.45) is -3.31. The zero-order valence-corrected chi connectivity index (χ0v) is 19.3. The minimum Gasteiger partial charge on any atom is -0.405 e. The smallest absolute Gasteiger partial charge is 0.405 e. The van der Waals surface area contributed by atoms with Gasteiger partial charge < -0.3 is 20.1 Å². The van der Waals surface area contributed by atoms with Crippen LogP contribution in [0.3, 0.4) is 0 Å². The van der Waals surface area contributed by atoms with E-state index in [9.17, 15) is 13.2 Å². The number of hydrogen-bond acceptors (Lipinski definition) is 4. The number of aliphatic imine (C=N–C) groups is 1. The van der Waals surface area contributed by atoms with E-state index in [2.05, 4.69) is 39.1 Å². The topological polar surface area (TPSA) is 58.1 Å². The van der Waals surface area contributed by atoms with Crippen molar-refractivity contribution in [3.05, 3.63) is 29.8 Å². The van der Waals surface area contributed by atoms with E-state index in [1.165, 1.54) is 12.1 Å². The SMILES string of the molecule is CN=C(NCCCN1CC(C)OC(C)C1)NCc1ccccc1OC(F)(F)F.I. The monoisotopic (exact) mass is 530 g/mol. The highest BCUT2D eigenvalue weighted by atomic mass is 127. The number of guanidine groups is 1. The van der Waals surface area contributed by atoms with Crippen LogP contribution in [-0.4, -0.2) is 62.7 Å². The molecule has 1 aromatic rings. The molecular weight excluding hydrogens is 500 g/mol. The minimum atomic E-state index is -4.72. The van der Waals surface area contributed by atoms with Gasteiger partial charge in [-0.1, -0.05) is 18.2 Å². The van der Waals surface area contributed by atoms with Crippen LogP contribution in [0.25, 0.3) is 0 Å². The summed E-state index contributed by atoms with van der Waals surface area (Å²) in [7, 11) is 1.62. The molecule has 2 unspecified atom stereocenters. The number of rotatable bonds is 7. The third-order valence-electron chi connectivity index (χ3n) is 4.31. The molecule has 0 saturated carbocycles. The Morgan fingerprint density at radius 1 is 1.21 bits per heavy atom. The molecule has 166 valence electrons. The minimum absolute atomic E-state index is 0. The van der Waals surface area contributed by atoms with Gasteiger partial charge in [0.25, 0.3) is 0 Å². The van der Waals surface area contributed by atoms with E-state index in [0.717, 1.165) is 26.1 Å². The maximum absolute atomic E-state index is 12.5. The molecule has 0 radical (unpaired) electrons. The van der Waals surface area contributed by atoms with Crippen molar-refractivity contribution >= 4 is 29.9 Å². The largest absolute Gasteiger partial charge is 0.573 e. The summed E-state index contributed by atoms with van der Waals surface area (Å²) in [5.41, 5.74) is 0.402. The van der Waals surface area contributed by atoms with Gasteiger partial charge in [-0.3, -0.25) is 9.89 Å². The molecule has 1 aromatic carbocycles. The Morgan fingerprint density at radius 3 is 2.48 bits per heavy atom. The van der Waals surface area contributed by atoms with E-state index < -0.39 is 6.36 Å². The molecule has 1 aliphatic rings. The fourth-order valence-corrected chi connectivity index (χ4v) is 3.25. The number of halogens is 4. The van der Waals surface area contributed by atoms with Crippen molar-refractivity contribution in [1.29, 1.82) is 0 Å². The van der Waals surface area contributed by atoms with E-state index in [1.807, 2.05) is 0 Å². The van der Waals surface area contributed by atoms with Crippen molar-refractivity contribution < 1.29 is 22.6 Å². The van der Waals surface area contributed by atoms with Gasteiger partial charge >= 0.3 is 6.36 Å². The third kappa shape index (κ3) is 9.85. The Morgan fingerprint density at radius 2 is 1.86 bits per heavy atom. The van der Waals surface area contributed by atoms with Crippen LogP contribution < -0.4 is 15.4 Å². The summed E-state index contributed by atoms with van der Waals surface area (Å²) in [5.74, 6) is 0.319. The number of benzene rings is 1. The number of nitrogens with one attached hydrogen (secondary N) is 2. The number of morpholine rings is 1. The third-order valence-corrected chi connectivity index (χ3v) is 4.31. The highest BCUT2D eigenvalue weighted by molar-refractivity contribution is 14.0. The summed E-state index contributed by atoms with van der Waals surface area (Å²) in [6, 6.07) is 6.05. The highest BCUT2D eigenvalue weighted by Gasteiger charge is 2.32. The lowest BCUT2D eigenvalue weighted by Gasteiger charge is -2.35. The van der Waals surface area contributed by atoms with Gasteiger partial charge in [-0.05, 0) is 26.3 Å². The second-order valence-corrected chi connectivity index (χ2v) is 6.88. The summed E-state index contributed by atoms with van der Waals surface area (Å²) in [4.78, 5) is 6.49. The summed E-state index contributed by atoms with van der Waals surface area (Å²) in [5, 5.41) is 6.21. The molecule has 0 bridgehead atoms. The van der Waals surface area contributed by atoms with Crippen molar-refractivity contribution in [3.8, 4) is 5.75 Å². The zero-order valence-electron chi connectivity index (χ0n) is 17.0. The predicted octanol–water partition coefficient (Wildman–Crippen LogP) is 3.37. The van der Waals surface area contributed by atoms with Crippen LogP contribution >= 0.6 is 24.0 Å². The molecule has 0 aromatic heterocycles. The molecule has 0 amide bonds. The average molecular weight is 530 g/mol. The first-order chi connectivity index (χ1) is 13.3. The van der Waals surface area contributed by atoms with Crippen molar-refractivity contribution in [2.75, 3.05) is 33.2 Å². The molecule has 0 aliphatic carbocycles. The van der Waals surface area contributed by atoms with E-state index in [4.69, 9.17) is 4.74 Å². The lowest BCUT2D eigenvalue weighted by atomic mass is 10.2. The first-order valence-corrected chi connectivity index (χ1v) is 9.43. The molecule has 1 saturated heterocycles. The van der Waals surface area contributed by atoms with Gasteiger partial charge in [-0.15, -0.1) is 37.1 Å². The second kappa shape index (κ2) is 12.4. The Hall–Kier alpha value is -1.27. The van der Waals surface area contributed by atoms with Gasteiger partial charge in [-0.25, -0.2) is 0 Å². The van der Waals surface area contributed by atoms with Crippen LogP contribution in [0.15, 0.2) is 29.3 Å². The summed E-state index contributed by atoms with van der Waals surface area (Å²) < 4.78 is 47.3. The molecule has 6 nitrogen and oxygen atoms in total. The molecule has 2 N–H and O–H groups in total. The van der Waals surface area contributed by atoms with Crippen LogP contribution in [0.4, 0.5) is 13.2 Å². The average Bonchev–Trinajstić information content (AvgIpc) is 2.60. The van der Waals surface area contributed by atoms with Crippen LogP contribution in [0, 0.1) is 0 Å². The normalized spacial score (nSPS) is 20.7. The molecule has 1 aliphatic heterocycles. The lowest BCUT2D eigenvalue weighted by Crippen LogP contribution is -2.46. The van der Waals surface area contributed by atoms with E-state index in [1.54, 1.807) is 19.2 Å². The molecule has 1 heterocycles. The molecule has 1 fully saturated rings. The highest BCUT2D eigenvalue weighted by Crippen LogP contribution is 2.26. The van der Waals surface area contributed by atoms with Gasteiger partial charge in [-0.2, -0.15) is 0 Å². The molecule has 10 heteroatoms. The van der Waals surface area contributed by atoms with Gasteiger partial charge in [0.2, 0.25) is 0 Å². The number of nitrogens with zero attached hydrogens (tertiary/aromatic N) is 2. The molecule has 2 rings (SSSR count). The number of ether oxygens (including phenoxy) is 2. The predicted molar refractivity (Wildman–Crippen MR) is 118 cm³/mol. The molecule has 29 heavy (non-hydrogen) atoms. The standard InChI is InChI=1S/C19H29F3N4O2.HI/c1-14-12-26(13-15(2)27-14)10-6-9-24-18(23-3)25-11-16-7-4-5-8-17(16)28-19(20,21)22;/h4-5,7-8,14-15H,6,9-13H2,1-3H3,(H2,23,24,25);1H. The number of hydrogen-bond donors (Lipinski definition) is 2. The summed E-state index contributed by atoms with van der Waals surface area (Å²) >= 11 is 0. The van der Waals surface area contributed by atoms with Gasteiger partial charge in [0, 0.05) is 45.3 Å². The Labute approximate surface area is 187 Å². The van der Waals surface area contributed by atoms with Crippen LogP contribution in [-0.2, 0) is 11.3 Å². The van der Waals surface area contributed by atoms with E-state index >= 15 is 0 Å². The molecule has 0 spiro atoms. The zero-order chi connectivity index (χ0) is 20.6. The Kier molecular flexibility index (Phi) is 11.0. The fourth-order valence-electron chi connectivity index (χ4n) is 3.25. The van der Waals surface area contributed by atoms with E-state index in [0.29, 0.717) is 18.1 Å². The van der Waals surface area contributed by atoms with Crippen LogP contribution in [0.5, 0.6) is 5.75 Å². The maximum Gasteiger partial charge on any atom is 0.573 e. The van der Waals surface area contributed by atoms with Gasteiger partial charge in [0.05, 0.1) is 12.2 Å². The van der Waals surface area contributed by atoms with Crippen molar-refractivity contribution in [3.63, 3.8) is 0 Å². The first kappa shape index (κ1) is 25.8. The quantitative estimate of drug-likeness (QED) is 0.245. The Bertz CT molecular complexity index is 636.